The Hall–Kier alpha value is -4.46. The van der Waals surface area contributed by atoms with Crippen LogP contribution in [0.25, 0.3) is 22.0 Å². The molecule has 0 aliphatic carbocycles. The van der Waals surface area contributed by atoms with Gasteiger partial charge in [-0.3, -0.25) is 4.79 Å². The summed E-state index contributed by atoms with van der Waals surface area (Å²) in [6, 6.07) is 20.7. The molecule has 1 aliphatic rings. The molecule has 0 spiro atoms. The minimum Gasteiger partial charge on any atom is -0.497 e. The summed E-state index contributed by atoms with van der Waals surface area (Å²) in [5.74, 6) is 1.21. The van der Waals surface area contributed by atoms with Crippen LogP contribution in [0.3, 0.4) is 0 Å². The smallest absolute Gasteiger partial charge is 0.355 e. The third kappa shape index (κ3) is 4.65. The fraction of sp³-hybridized carbons (Fsp3) is 0.267. The van der Waals surface area contributed by atoms with E-state index in [0.29, 0.717) is 29.4 Å². The van der Waals surface area contributed by atoms with E-state index in [2.05, 4.69) is 0 Å². The topological polar surface area (TPSA) is 85.2 Å². The van der Waals surface area contributed by atoms with Crippen LogP contribution in [0.15, 0.2) is 66.7 Å². The van der Waals surface area contributed by atoms with Crippen LogP contribution in [-0.4, -0.2) is 44.1 Å². The zero-order valence-corrected chi connectivity index (χ0v) is 21.6. The molecule has 0 amide bonds. The number of ether oxygens (including phenoxy) is 5. The lowest BCUT2D eigenvalue weighted by Crippen LogP contribution is -2.20. The van der Waals surface area contributed by atoms with Gasteiger partial charge >= 0.3 is 11.9 Å². The second kappa shape index (κ2) is 10.9. The van der Waals surface area contributed by atoms with Crippen molar-refractivity contribution in [2.45, 2.75) is 25.8 Å². The van der Waals surface area contributed by atoms with E-state index in [1.807, 2.05) is 71.3 Å². The number of carbonyl (C=O) groups is 2. The number of fused-ring (bicyclic) bond motifs is 2. The highest BCUT2D eigenvalue weighted by atomic mass is 16.7. The molecule has 8 heteroatoms. The van der Waals surface area contributed by atoms with E-state index < -0.39 is 5.97 Å². The summed E-state index contributed by atoms with van der Waals surface area (Å²) in [5.41, 5.74) is 3.69. The number of carbonyl (C=O) groups excluding carboxylic acids is 2. The summed E-state index contributed by atoms with van der Waals surface area (Å²) in [5, 5.41) is 0.881. The van der Waals surface area contributed by atoms with Crippen molar-refractivity contribution < 1.29 is 33.3 Å². The number of para-hydroxylation sites is 1. The van der Waals surface area contributed by atoms with Crippen molar-refractivity contribution in [1.29, 1.82) is 0 Å². The van der Waals surface area contributed by atoms with Crippen LogP contribution in [0, 0.1) is 0 Å². The van der Waals surface area contributed by atoms with E-state index in [-0.39, 0.29) is 31.8 Å². The molecule has 196 valence electrons. The molecule has 1 aromatic heterocycles. The van der Waals surface area contributed by atoms with Gasteiger partial charge in [-0.1, -0.05) is 36.4 Å². The SMILES string of the molecule is CCOC(=O)c1c(-c2ccc3c(c2)OCO3)c2ccccc2n1C(CCC(=O)OC)c1ccc(OC)cc1. The van der Waals surface area contributed by atoms with Crippen molar-refractivity contribution in [3.05, 3.63) is 78.0 Å². The molecule has 4 aromatic rings. The van der Waals surface area contributed by atoms with Crippen LogP contribution >= 0.6 is 0 Å². The van der Waals surface area contributed by atoms with Crippen molar-refractivity contribution in [1.82, 2.24) is 4.57 Å². The van der Waals surface area contributed by atoms with Crippen LogP contribution in [0.4, 0.5) is 0 Å². The fourth-order valence-corrected chi connectivity index (χ4v) is 4.96. The highest BCUT2D eigenvalue weighted by molar-refractivity contribution is 6.09. The molecule has 38 heavy (non-hydrogen) atoms. The van der Waals surface area contributed by atoms with E-state index in [1.165, 1.54) is 7.11 Å². The number of esters is 2. The lowest BCUT2D eigenvalue weighted by molar-refractivity contribution is -0.140. The van der Waals surface area contributed by atoms with Gasteiger partial charge in [-0.2, -0.15) is 0 Å². The molecule has 1 unspecified atom stereocenters. The molecule has 5 rings (SSSR count). The summed E-state index contributed by atoms with van der Waals surface area (Å²) < 4.78 is 29.0. The van der Waals surface area contributed by atoms with E-state index in [0.717, 1.165) is 27.6 Å². The van der Waals surface area contributed by atoms with Gasteiger partial charge in [0.05, 0.1) is 26.9 Å². The van der Waals surface area contributed by atoms with Gasteiger partial charge in [0.2, 0.25) is 6.79 Å². The molecule has 0 radical (unpaired) electrons. The third-order valence-electron chi connectivity index (χ3n) is 6.70. The molecular weight excluding hydrogens is 486 g/mol. The summed E-state index contributed by atoms with van der Waals surface area (Å²) in [4.78, 5) is 25.9. The molecular formula is C30H29NO7. The summed E-state index contributed by atoms with van der Waals surface area (Å²) in [7, 11) is 2.98. The molecule has 0 N–H and O–H groups in total. The zero-order valence-electron chi connectivity index (χ0n) is 21.6. The molecule has 0 saturated heterocycles. The number of nitrogens with zero attached hydrogens (tertiary/aromatic N) is 1. The maximum absolute atomic E-state index is 13.7. The Morgan fingerprint density at radius 1 is 0.974 bits per heavy atom. The fourth-order valence-electron chi connectivity index (χ4n) is 4.96. The number of hydrogen-bond donors (Lipinski definition) is 0. The number of hydrogen-bond acceptors (Lipinski definition) is 7. The Bertz CT molecular complexity index is 1470. The van der Waals surface area contributed by atoms with Gasteiger partial charge in [0.25, 0.3) is 0 Å². The monoisotopic (exact) mass is 515 g/mol. The highest BCUT2D eigenvalue weighted by Crippen LogP contribution is 2.43. The zero-order chi connectivity index (χ0) is 26.6. The van der Waals surface area contributed by atoms with Gasteiger partial charge in [-0.25, -0.2) is 4.79 Å². The Kier molecular flexibility index (Phi) is 7.22. The Balaban J connectivity index is 1.77. The maximum Gasteiger partial charge on any atom is 0.355 e. The molecule has 0 saturated carbocycles. The Labute approximate surface area is 220 Å². The molecule has 0 bridgehead atoms. The van der Waals surface area contributed by atoms with Crippen molar-refractivity contribution in [3.63, 3.8) is 0 Å². The first-order chi connectivity index (χ1) is 18.5. The van der Waals surface area contributed by atoms with Gasteiger partial charge in [-0.15, -0.1) is 0 Å². The standard InChI is InChI=1S/C30H29NO7/c1-4-36-30(33)29-28(20-11-15-25-26(17-20)38-18-37-25)22-7-5-6-8-24(22)31(29)23(14-16-27(32)35-3)19-9-12-21(34-2)13-10-19/h5-13,15,17,23H,4,14,16,18H2,1-3H3. The Morgan fingerprint density at radius 3 is 2.47 bits per heavy atom. The summed E-state index contributed by atoms with van der Waals surface area (Å²) >= 11 is 0. The van der Waals surface area contributed by atoms with E-state index in [1.54, 1.807) is 14.0 Å². The molecule has 0 fully saturated rings. The first-order valence-electron chi connectivity index (χ1n) is 12.5. The van der Waals surface area contributed by atoms with Gasteiger partial charge in [0.1, 0.15) is 11.4 Å². The quantitative estimate of drug-likeness (QED) is 0.262. The van der Waals surface area contributed by atoms with Crippen LogP contribution in [0.1, 0.15) is 41.9 Å². The first-order valence-corrected chi connectivity index (χ1v) is 12.5. The number of rotatable bonds is 9. The van der Waals surface area contributed by atoms with Crippen LogP contribution in [0.5, 0.6) is 17.2 Å². The normalized spacial score (nSPS) is 12.8. The Morgan fingerprint density at radius 2 is 1.74 bits per heavy atom. The maximum atomic E-state index is 13.7. The molecule has 1 atom stereocenters. The van der Waals surface area contributed by atoms with Crippen molar-refractivity contribution in [2.75, 3.05) is 27.6 Å². The second-order valence-electron chi connectivity index (χ2n) is 8.80. The van der Waals surface area contributed by atoms with E-state index in [4.69, 9.17) is 23.7 Å². The average molecular weight is 516 g/mol. The summed E-state index contributed by atoms with van der Waals surface area (Å²) in [6.45, 7) is 2.15. The van der Waals surface area contributed by atoms with Gasteiger partial charge in [0, 0.05) is 22.9 Å². The average Bonchev–Trinajstić information content (AvgIpc) is 3.56. The van der Waals surface area contributed by atoms with Gasteiger partial charge in [0.15, 0.2) is 11.5 Å². The molecule has 8 nitrogen and oxygen atoms in total. The van der Waals surface area contributed by atoms with Crippen molar-refractivity contribution in [2.24, 2.45) is 0 Å². The number of methoxy groups -OCH3 is 2. The van der Waals surface area contributed by atoms with E-state index >= 15 is 0 Å². The highest BCUT2D eigenvalue weighted by Gasteiger charge is 2.30. The molecule has 3 aromatic carbocycles. The van der Waals surface area contributed by atoms with Gasteiger partial charge < -0.3 is 28.3 Å². The first kappa shape index (κ1) is 25.2. The lowest BCUT2D eigenvalue weighted by Gasteiger charge is -2.23. The van der Waals surface area contributed by atoms with Crippen LogP contribution in [0.2, 0.25) is 0 Å². The minimum atomic E-state index is -0.451. The van der Waals surface area contributed by atoms with Crippen LogP contribution < -0.4 is 14.2 Å². The van der Waals surface area contributed by atoms with Crippen molar-refractivity contribution >= 4 is 22.8 Å². The largest absolute Gasteiger partial charge is 0.497 e. The summed E-state index contributed by atoms with van der Waals surface area (Å²) in [6.07, 6.45) is 0.575. The third-order valence-corrected chi connectivity index (χ3v) is 6.70. The minimum absolute atomic E-state index is 0.151. The molecule has 1 aliphatic heterocycles. The van der Waals surface area contributed by atoms with E-state index in [9.17, 15) is 9.59 Å². The predicted molar refractivity (Wildman–Crippen MR) is 142 cm³/mol. The van der Waals surface area contributed by atoms with Crippen LogP contribution in [-0.2, 0) is 14.3 Å². The van der Waals surface area contributed by atoms with Crippen molar-refractivity contribution in [3.8, 4) is 28.4 Å². The number of benzene rings is 3. The molecule has 2 heterocycles. The lowest BCUT2D eigenvalue weighted by atomic mass is 10.00. The second-order valence-corrected chi connectivity index (χ2v) is 8.80. The number of aromatic nitrogens is 1. The predicted octanol–water partition coefficient (Wildman–Crippen LogP) is 5.76. The van der Waals surface area contributed by atoms with Gasteiger partial charge in [-0.05, 0) is 54.8 Å².